The lowest BCUT2D eigenvalue weighted by atomic mass is 10.1. The summed E-state index contributed by atoms with van der Waals surface area (Å²) in [5.74, 6) is -0.252. The lowest BCUT2D eigenvalue weighted by Gasteiger charge is -2.00. The van der Waals surface area contributed by atoms with Crippen LogP contribution in [0, 0.1) is 5.82 Å². The smallest absolute Gasteiger partial charge is 0.163 e. The van der Waals surface area contributed by atoms with E-state index < -0.39 is 0 Å². The molecular formula is C13H9FN2S2. The summed E-state index contributed by atoms with van der Waals surface area (Å²) < 4.78 is 12.9. The Morgan fingerprint density at radius 3 is 2.61 bits per heavy atom. The van der Waals surface area contributed by atoms with Gasteiger partial charge in [0.05, 0.1) is 16.3 Å². The van der Waals surface area contributed by atoms with Crippen LogP contribution in [0.4, 0.5) is 4.39 Å². The highest BCUT2D eigenvalue weighted by Gasteiger charge is 2.13. The molecule has 90 valence electrons. The Morgan fingerprint density at radius 1 is 1.17 bits per heavy atom. The number of hydrogen-bond acceptors (Lipinski definition) is 3. The Balaban J connectivity index is 2.15. The molecule has 2 heterocycles. The second-order valence-corrected chi connectivity index (χ2v) is 5.14. The predicted octanol–water partition coefficient (Wildman–Crippen LogP) is 4.23. The topological polar surface area (TPSA) is 28.7 Å². The quantitative estimate of drug-likeness (QED) is 0.674. The van der Waals surface area contributed by atoms with Crippen molar-refractivity contribution >= 4 is 24.0 Å². The molecule has 0 aliphatic rings. The molecule has 1 aromatic carbocycles. The first-order valence-electron chi connectivity index (χ1n) is 5.33. The van der Waals surface area contributed by atoms with Gasteiger partial charge in [-0.3, -0.25) is 0 Å². The summed E-state index contributed by atoms with van der Waals surface area (Å²) in [5.41, 5.74) is 2.58. The van der Waals surface area contributed by atoms with Crippen molar-refractivity contribution < 1.29 is 4.39 Å². The van der Waals surface area contributed by atoms with E-state index in [4.69, 9.17) is 0 Å². The van der Waals surface area contributed by atoms with Gasteiger partial charge in [-0.05, 0) is 35.7 Å². The second kappa shape index (κ2) is 4.59. The number of nitrogens with one attached hydrogen (secondary N) is 1. The van der Waals surface area contributed by atoms with Gasteiger partial charge in [-0.1, -0.05) is 6.07 Å². The normalized spacial score (nSPS) is 10.8. The summed E-state index contributed by atoms with van der Waals surface area (Å²) in [5, 5.41) is 2.56. The van der Waals surface area contributed by atoms with Crippen LogP contribution in [0.5, 0.6) is 0 Å². The molecule has 1 N–H and O–H groups in total. The van der Waals surface area contributed by atoms with E-state index in [1.807, 2.05) is 17.5 Å². The van der Waals surface area contributed by atoms with Gasteiger partial charge >= 0.3 is 0 Å². The Hall–Kier alpha value is -1.59. The molecule has 0 spiro atoms. The molecule has 3 rings (SSSR count). The molecule has 0 saturated heterocycles. The van der Waals surface area contributed by atoms with Gasteiger partial charge in [0.25, 0.3) is 0 Å². The number of H-pyrrole nitrogens is 1. The number of aromatic amines is 1. The summed E-state index contributed by atoms with van der Waals surface area (Å²) in [6.07, 6.45) is 0. The van der Waals surface area contributed by atoms with Gasteiger partial charge in [-0.15, -0.1) is 24.0 Å². The first-order chi connectivity index (χ1) is 8.74. The average molecular weight is 276 g/mol. The van der Waals surface area contributed by atoms with Crippen LogP contribution in [0.1, 0.15) is 0 Å². The Kier molecular flexibility index (Phi) is 2.93. The molecule has 0 fully saturated rings. The fraction of sp³-hybridized carbons (Fsp3) is 0. The number of imidazole rings is 1. The summed E-state index contributed by atoms with van der Waals surface area (Å²) in [4.78, 5) is 8.57. The van der Waals surface area contributed by atoms with E-state index in [0.717, 1.165) is 21.8 Å². The van der Waals surface area contributed by atoms with Crippen molar-refractivity contribution in [3.05, 3.63) is 47.6 Å². The van der Waals surface area contributed by atoms with Crippen LogP contribution >= 0.6 is 24.0 Å². The van der Waals surface area contributed by atoms with Crippen molar-refractivity contribution in [2.24, 2.45) is 0 Å². The maximum absolute atomic E-state index is 12.9. The van der Waals surface area contributed by atoms with Gasteiger partial charge in [0.15, 0.2) is 5.16 Å². The third-order valence-electron chi connectivity index (χ3n) is 2.58. The van der Waals surface area contributed by atoms with E-state index in [0.29, 0.717) is 5.16 Å². The molecule has 3 aromatic rings. The first-order valence-corrected chi connectivity index (χ1v) is 6.65. The molecule has 2 nitrogen and oxygen atoms in total. The van der Waals surface area contributed by atoms with E-state index in [1.165, 1.54) is 12.1 Å². The number of thiol groups is 1. The molecule has 0 aliphatic heterocycles. The van der Waals surface area contributed by atoms with E-state index in [2.05, 4.69) is 22.6 Å². The highest BCUT2D eigenvalue weighted by Crippen LogP contribution is 2.33. The number of hydrogen-bond donors (Lipinski definition) is 2. The fourth-order valence-corrected chi connectivity index (χ4v) is 2.71. The minimum absolute atomic E-state index is 0.252. The fourth-order valence-electron chi connectivity index (χ4n) is 1.78. The van der Waals surface area contributed by atoms with Crippen molar-refractivity contribution in [2.75, 3.05) is 0 Å². The SMILES string of the molecule is Fc1ccc(-c2nc(S)[nH]c2-c2cccs2)cc1. The largest absolute Gasteiger partial charge is 0.332 e. The molecule has 0 aliphatic carbocycles. The molecule has 5 heteroatoms. The second-order valence-electron chi connectivity index (χ2n) is 3.77. The molecular weight excluding hydrogens is 267 g/mol. The third-order valence-corrected chi connectivity index (χ3v) is 3.68. The number of rotatable bonds is 2. The molecule has 0 unspecified atom stereocenters. The van der Waals surface area contributed by atoms with Crippen LogP contribution < -0.4 is 0 Å². The third kappa shape index (κ3) is 2.07. The van der Waals surface area contributed by atoms with Crippen molar-refractivity contribution in [3.8, 4) is 21.8 Å². The molecule has 0 bridgehead atoms. The van der Waals surface area contributed by atoms with E-state index in [1.54, 1.807) is 23.5 Å². The van der Waals surface area contributed by atoms with E-state index in [-0.39, 0.29) is 5.82 Å². The van der Waals surface area contributed by atoms with Crippen LogP contribution in [-0.4, -0.2) is 9.97 Å². The zero-order chi connectivity index (χ0) is 12.5. The molecule has 0 radical (unpaired) electrons. The maximum Gasteiger partial charge on any atom is 0.163 e. The van der Waals surface area contributed by atoms with Crippen LogP contribution in [-0.2, 0) is 0 Å². The number of halogens is 1. The van der Waals surface area contributed by atoms with Crippen LogP contribution in [0.2, 0.25) is 0 Å². The number of nitrogens with zero attached hydrogens (tertiary/aromatic N) is 1. The minimum atomic E-state index is -0.252. The van der Waals surface area contributed by atoms with Crippen LogP contribution in [0.25, 0.3) is 21.8 Å². The zero-order valence-corrected chi connectivity index (χ0v) is 10.9. The summed E-state index contributed by atoms with van der Waals surface area (Å²) in [7, 11) is 0. The van der Waals surface area contributed by atoms with Crippen molar-refractivity contribution in [1.29, 1.82) is 0 Å². The Morgan fingerprint density at radius 2 is 1.94 bits per heavy atom. The molecule has 0 amide bonds. The highest BCUT2D eigenvalue weighted by molar-refractivity contribution is 7.80. The molecule has 2 aromatic heterocycles. The van der Waals surface area contributed by atoms with Crippen LogP contribution in [0.15, 0.2) is 46.9 Å². The minimum Gasteiger partial charge on any atom is -0.332 e. The predicted molar refractivity (Wildman–Crippen MR) is 74.5 cm³/mol. The van der Waals surface area contributed by atoms with Gasteiger partial charge in [-0.25, -0.2) is 9.37 Å². The Labute approximate surface area is 113 Å². The summed E-state index contributed by atoms with van der Waals surface area (Å²) in [6.45, 7) is 0. The maximum atomic E-state index is 12.9. The number of thiophene rings is 1. The Bertz CT molecular complexity index is 657. The number of aromatic nitrogens is 2. The van der Waals surface area contributed by atoms with Gasteiger partial charge in [0.2, 0.25) is 0 Å². The summed E-state index contributed by atoms with van der Waals surface area (Å²) >= 11 is 5.86. The lowest BCUT2D eigenvalue weighted by molar-refractivity contribution is 0.628. The lowest BCUT2D eigenvalue weighted by Crippen LogP contribution is -1.82. The van der Waals surface area contributed by atoms with Crippen molar-refractivity contribution in [1.82, 2.24) is 9.97 Å². The van der Waals surface area contributed by atoms with Gasteiger partial charge < -0.3 is 4.98 Å². The molecule has 18 heavy (non-hydrogen) atoms. The summed E-state index contributed by atoms with van der Waals surface area (Å²) in [6, 6.07) is 10.3. The van der Waals surface area contributed by atoms with Crippen molar-refractivity contribution in [3.63, 3.8) is 0 Å². The average Bonchev–Trinajstić information content (AvgIpc) is 2.98. The highest BCUT2D eigenvalue weighted by atomic mass is 32.1. The monoisotopic (exact) mass is 276 g/mol. The standard InChI is InChI=1S/C13H9FN2S2/c14-9-5-3-8(4-6-9)11-12(16-13(17)15-11)10-2-1-7-18-10/h1-7H,(H2,15,16,17). The van der Waals surface area contributed by atoms with Gasteiger partial charge in [0.1, 0.15) is 5.82 Å². The number of benzene rings is 1. The zero-order valence-electron chi connectivity index (χ0n) is 9.22. The first kappa shape index (κ1) is 11.5. The molecule has 0 saturated carbocycles. The van der Waals surface area contributed by atoms with E-state index >= 15 is 0 Å². The van der Waals surface area contributed by atoms with Gasteiger partial charge in [0, 0.05) is 5.56 Å². The van der Waals surface area contributed by atoms with Crippen molar-refractivity contribution in [2.45, 2.75) is 5.16 Å². The van der Waals surface area contributed by atoms with Crippen LogP contribution in [0.3, 0.4) is 0 Å². The van der Waals surface area contributed by atoms with E-state index in [9.17, 15) is 4.39 Å². The molecule has 0 atom stereocenters. The van der Waals surface area contributed by atoms with Gasteiger partial charge in [-0.2, -0.15) is 0 Å².